The largest absolute Gasteiger partial charge is 0.493 e. The fourth-order valence-corrected chi connectivity index (χ4v) is 0.920. The molecule has 0 atom stereocenters. The molecule has 0 unspecified atom stereocenters. The number of benzene rings is 1. The van der Waals surface area contributed by atoms with Crippen molar-refractivity contribution in [2.75, 3.05) is 6.61 Å². The summed E-state index contributed by atoms with van der Waals surface area (Å²) in [7, 11) is 0. The van der Waals surface area contributed by atoms with Crippen LogP contribution in [0.15, 0.2) is 24.3 Å². The van der Waals surface area contributed by atoms with Crippen molar-refractivity contribution in [1.82, 2.24) is 0 Å². The van der Waals surface area contributed by atoms with Crippen LogP contribution in [0.25, 0.3) is 0 Å². The predicted octanol–water partition coefficient (Wildman–Crippen LogP) is 3.80. The fourth-order valence-electron chi connectivity index (χ4n) is 0.794. The van der Waals surface area contributed by atoms with Crippen molar-refractivity contribution in [3.63, 3.8) is 0 Å². The molecule has 0 aromatic heterocycles. The molecule has 0 heterocycles. The molecule has 3 heteroatoms. The van der Waals surface area contributed by atoms with Crippen molar-refractivity contribution < 1.29 is 4.74 Å². The van der Waals surface area contributed by atoms with Crippen LogP contribution in [0.5, 0.6) is 5.75 Å². The monoisotopic (exact) mass is 220 g/mol. The van der Waals surface area contributed by atoms with Crippen LogP contribution in [0.4, 0.5) is 0 Å². The third-order valence-corrected chi connectivity index (χ3v) is 1.65. The van der Waals surface area contributed by atoms with Gasteiger partial charge in [0, 0.05) is 5.02 Å². The lowest BCUT2D eigenvalue weighted by molar-refractivity contribution is 0.271. The normalized spacial score (nSPS) is 9.54. The Hall–Kier alpha value is -0.400. The van der Waals surface area contributed by atoms with Crippen LogP contribution in [0.2, 0.25) is 5.02 Å². The highest BCUT2D eigenvalue weighted by Gasteiger charge is 1.95. The molecule has 1 rings (SSSR count). The summed E-state index contributed by atoms with van der Waals surface area (Å²) in [6.45, 7) is 4.99. The number of hydrogen-bond donors (Lipinski definition) is 0. The molecule has 0 bridgehead atoms. The van der Waals surface area contributed by atoms with Crippen LogP contribution in [-0.2, 0) is 0 Å². The second-order valence-corrected chi connectivity index (χ2v) is 3.60. The Morgan fingerprint density at radius 3 is 2.23 bits per heavy atom. The van der Waals surface area contributed by atoms with Gasteiger partial charge in [-0.05, 0) is 30.2 Å². The minimum absolute atomic E-state index is 0. The van der Waals surface area contributed by atoms with Crippen LogP contribution in [0.1, 0.15) is 13.8 Å². The van der Waals surface area contributed by atoms with Crippen LogP contribution in [0.3, 0.4) is 0 Å². The molecular weight excluding hydrogens is 207 g/mol. The summed E-state index contributed by atoms with van der Waals surface area (Å²) >= 11 is 5.72. The van der Waals surface area contributed by atoms with Gasteiger partial charge in [-0.15, -0.1) is 12.4 Å². The number of hydrogen-bond acceptors (Lipinski definition) is 1. The maximum absolute atomic E-state index is 5.72. The van der Waals surface area contributed by atoms with E-state index in [0.29, 0.717) is 5.92 Å². The Kier molecular flexibility index (Phi) is 5.93. The van der Waals surface area contributed by atoms with Gasteiger partial charge in [0.1, 0.15) is 5.75 Å². The highest BCUT2D eigenvalue weighted by atomic mass is 35.5. The van der Waals surface area contributed by atoms with Crippen molar-refractivity contribution in [3.05, 3.63) is 29.3 Å². The van der Waals surface area contributed by atoms with Crippen LogP contribution in [-0.4, -0.2) is 6.61 Å². The Balaban J connectivity index is 0.00000144. The van der Waals surface area contributed by atoms with Crippen LogP contribution in [0, 0.1) is 5.92 Å². The van der Waals surface area contributed by atoms with E-state index in [1.165, 1.54) is 0 Å². The SMILES string of the molecule is CC(C)COc1ccc(Cl)cc1.Cl. The third kappa shape index (κ3) is 5.02. The molecule has 0 aliphatic carbocycles. The molecule has 0 saturated carbocycles. The maximum atomic E-state index is 5.72. The van der Waals surface area contributed by atoms with Crippen LogP contribution < -0.4 is 4.74 Å². The van der Waals surface area contributed by atoms with Crippen LogP contribution >= 0.6 is 24.0 Å². The molecule has 13 heavy (non-hydrogen) atoms. The van der Waals surface area contributed by atoms with E-state index in [1.54, 1.807) is 0 Å². The smallest absolute Gasteiger partial charge is 0.119 e. The molecule has 0 spiro atoms. The summed E-state index contributed by atoms with van der Waals surface area (Å²) in [4.78, 5) is 0. The predicted molar refractivity (Wildman–Crippen MR) is 59.0 cm³/mol. The first-order chi connectivity index (χ1) is 5.68. The van der Waals surface area contributed by atoms with E-state index in [2.05, 4.69) is 13.8 Å². The molecule has 0 saturated heterocycles. The summed E-state index contributed by atoms with van der Waals surface area (Å²) in [6, 6.07) is 7.42. The van der Waals surface area contributed by atoms with E-state index in [-0.39, 0.29) is 12.4 Å². The summed E-state index contributed by atoms with van der Waals surface area (Å²) < 4.78 is 5.46. The molecular formula is C10H14Cl2O. The molecule has 0 N–H and O–H groups in total. The Morgan fingerprint density at radius 2 is 1.77 bits per heavy atom. The van der Waals surface area contributed by atoms with E-state index < -0.39 is 0 Å². The second kappa shape index (κ2) is 6.11. The number of rotatable bonds is 3. The lowest BCUT2D eigenvalue weighted by Gasteiger charge is -2.07. The quantitative estimate of drug-likeness (QED) is 0.754. The van der Waals surface area contributed by atoms with E-state index in [9.17, 15) is 0 Å². The van der Waals surface area contributed by atoms with Gasteiger partial charge in [0.2, 0.25) is 0 Å². The lowest BCUT2D eigenvalue weighted by atomic mass is 10.2. The Labute approximate surface area is 90.5 Å². The molecule has 1 aromatic carbocycles. The Morgan fingerprint density at radius 1 is 1.23 bits per heavy atom. The molecule has 0 fully saturated rings. The van der Waals surface area contributed by atoms with Crippen molar-refractivity contribution in [2.45, 2.75) is 13.8 Å². The van der Waals surface area contributed by atoms with Crippen molar-refractivity contribution >= 4 is 24.0 Å². The molecule has 74 valence electrons. The zero-order valence-electron chi connectivity index (χ0n) is 7.79. The highest BCUT2D eigenvalue weighted by molar-refractivity contribution is 6.30. The van der Waals surface area contributed by atoms with Gasteiger partial charge in [-0.1, -0.05) is 25.4 Å². The summed E-state index contributed by atoms with van der Waals surface area (Å²) in [5.41, 5.74) is 0. The van der Waals surface area contributed by atoms with Crippen molar-refractivity contribution in [1.29, 1.82) is 0 Å². The Bertz CT molecular complexity index is 231. The summed E-state index contributed by atoms with van der Waals surface area (Å²) in [5.74, 6) is 1.44. The topological polar surface area (TPSA) is 9.23 Å². The molecule has 0 aliphatic heterocycles. The standard InChI is InChI=1S/C10H13ClO.ClH/c1-8(2)7-12-10-5-3-9(11)4-6-10;/h3-6,8H,7H2,1-2H3;1H. The van der Waals surface area contributed by atoms with E-state index in [4.69, 9.17) is 16.3 Å². The minimum Gasteiger partial charge on any atom is -0.493 e. The summed E-state index contributed by atoms with van der Waals surface area (Å²) in [6.07, 6.45) is 0. The van der Waals surface area contributed by atoms with Gasteiger partial charge in [-0.2, -0.15) is 0 Å². The average molecular weight is 221 g/mol. The zero-order valence-corrected chi connectivity index (χ0v) is 9.36. The van der Waals surface area contributed by atoms with Gasteiger partial charge >= 0.3 is 0 Å². The van der Waals surface area contributed by atoms with Crippen molar-refractivity contribution in [3.8, 4) is 5.75 Å². The zero-order chi connectivity index (χ0) is 8.97. The van der Waals surface area contributed by atoms with E-state index in [0.717, 1.165) is 17.4 Å². The molecule has 0 aliphatic rings. The first-order valence-electron chi connectivity index (χ1n) is 4.07. The molecule has 0 amide bonds. The lowest BCUT2D eigenvalue weighted by Crippen LogP contribution is -2.03. The van der Waals surface area contributed by atoms with E-state index in [1.807, 2.05) is 24.3 Å². The van der Waals surface area contributed by atoms with Gasteiger partial charge in [-0.25, -0.2) is 0 Å². The first kappa shape index (κ1) is 12.6. The highest BCUT2D eigenvalue weighted by Crippen LogP contribution is 2.15. The molecule has 0 radical (unpaired) electrons. The van der Waals surface area contributed by atoms with Gasteiger partial charge in [0.25, 0.3) is 0 Å². The average Bonchev–Trinajstić information content (AvgIpc) is 2.03. The van der Waals surface area contributed by atoms with E-state index >= 15 is 0 Å². The second-order valence-electron chi connectivity index (χ2n) is 3.16. The van der Waals surface area contributed by atoms with Gasteiger partial charge in [-0.3, -0.25) is 0 Å². The maximum Gasteiger partial charge on any atom is 0.119 e. The fraction of sp³-hybridized carbons (Fsp3) is 0.400. The number of halogens is 2. The van der Waals surface area contributed by atoms with Gasteiger partial charge < -0.3 is 4.74 Å². The molecule has 1 nitrogen and oxygen atoms in total. The summed E-state index contributed by atoms with van der Waals surface area (Å²) in [5, 5.41) is 0.742. The molecule has 1 aromatic rings. The first-order valence-corrected chi connectivity index (χ1v) is 4.44. The third-order valence-electron chi connectivity index (χ3n) is 1.40. The van der Waals surface area contributed by atoms with Gasteiger partial charge in [0.05, 0.1) is 6.61 Å². The number of ether oxygens (including phenoxy) is 1. The van der Waals surface area contributed by atoms with Gasteiger partial charge in [0.15, 0.2) is 0 Å². The minimum atomic E-state index is 0. The van der Waals surface area contributed by atoms with Crippen molar-refractivity contribution in [2.24, 2.45) is 5.92 Å².